The highest BCUT2D eigenvalue weighted by molar-refractivity contribution is 6.00. The predicted octanol–water partition coefficient (Wildman–Crippen LogP) is 1.86. The smallest absolute Gasteiger partial charge is 0.282 e. The summed E-state index contributed by atoms with van der Waals surface area (Å²) in [6, 6.07) is 4.95. The van der Waals surface area contributed by atoms with Crippen molar-refractivity contribution in [3.8, 4) is 5.75 Å². The molecule has 0 aliphatic rings. The van der Waals surface area contributed by atoms with Crippen molar-refractivity contribution in [3.05, 3.63) is 36.2 Å². The number of pyridine rings is 1. The van der Waals surface area contributed by atoms with Gasteiger partial charge in [-0.15, -0.1) is 0 Å². The second-order valence-corrected chi connectivity index (χ2v) is 3.20. The molecule has 0 spiro atoms. The van der Waals surface area contributed by atoms with E-state index in [2.05, 4.69) is 4.98 Å². The number of benzene rings is 1. The van der Waals surface area contributed by atoms with Crippen LogP contribution in [-0.2, 0) is 0 Å². The fourth-order valence-corrected chi connectivity index (χ4v) is 1.51. The number of carbonyl (C=O) groups excluding carboxylic acids is 1. The van der Waals surface area contributed by atoms with Crippen LogP contribution >= 0.6 is 0 Å². The molecule has 0 aliphatic carbocycles. The standard InChI is InChI=1S/C11H9FN2O2/c1-16-10-5-8-6-13-3-2-7(8)4-9(10)11(15)14-12/h2-6H,1H3,(H,14,15). The first-order valence-corrected chi connectivity index (χ1v) is 4.59. The van der Waals surface area contributed by atoms with Crippen molar-refractivity contribution in [2.45, 2.75) is 0 Å². The highest BCUT2D eigenvalue weighted by Crippen LogP contribution is 2.25. The molecule has 1 heterocycles. The van der Waals surface area contributed by atoms with Crippen molar-refractivity contribution in [1.29, 1.82) is 0 Å². The maximum absolute atomic E-state index is 12.1. The van der Waals surface area contributed by atoms with E-state index < -0.39 is 5.91 Å². The molecule has 0 saturated heterocycles. The van der Waals surface area contributed by atoms with Crippen LogP contribution in [0.1, 0.15) is 10.4 Å². The molecule has 0 radical (unpaired) electrons. The van der Waals surface area contributed by atoms with Crippen molar-refractivity contribution in [3.63, 3.8) is 0 Å². The highest BCUT2D eigenvalue weighted by atomic mass is 19.2. The minimum Gasteiger partial charge on any atom is -0.496 e. The van der Waals surface area contributed by atoms with E-state index in [1.165, 1.54) is 7.11 Å². The molecule has 2 rings (SSSR count). The first-order valence-electron chi connectivity index (χ1n) is 4.59. The molecule has 1 aromatic carbocycles. The number of nitrogens with zero attached hydrogens (tertiary/aromatic N) is 1. The second kappa shape index (κ2) is 4.14. The Morgan fingerprint density at radius 2 is 2.25 bits per heavy atom. The number of hydrogen-bond acceptors (Lipinski definition) is 3. The van der Waals surface area contributed by atoms with Crippen molar-refractivity contribution >= 4 is 16.7 Å². The van der Waals surface area contributed by atoms with Gasteiger partial charge in [-0.3, -0.25) is 9.78 Å². The molecule has 0 bridgehead atoms. The number of amides is 1. The molecule has 2 aromatic rings. The summed E-state index contributed by atoms with van der Waals surface area (Å²) in [5.74, 6) is -0.508. The molecular weight excluding hydrogens is 211 g/mol. The zero-order chi connectivity index (χ0) is 11.5. The van der Waals surface area contributed by atoms with Gasteiger partial charge in [-0.1, -0.05) is 4.48 Å². The monoisotopic (exact) mass is 220 g/mol. The summed E-state index contributed by atoms with van der Waals surface area (Å²) in [6.45, 7) is 0. The number of fused-ring (bicyclic) bond motifs is 1. The van der Waals surface area contributed by atoms with Crippen LogP contribution in [0.15, 0.2) is 30.6 Å². The van der Waals surface area contributed by atoms with E-state index in [4.69, 9.17) is 4.74 Å². The van der Waals surface area contributed by atoms with Gasteiger partial charge in [-0.25, -0.2) is 0 Å². The Bertz CT molecular complexity index is 542. The molecule has 4 nitrogen and oxygen atoms in total. The summed E-state index contributed by atoms with van der Waals surface area (Å²) in [4.78, 5) is 15.2. The van der Waals surface area contributed by atoms with Gasteiger partial charge in [0.05, 0.1) is 12.7 Å². The average molecular weight is 220 g/mol. The first kappa shape index (κ1) is 10.4. The van der Waals surface area contributed by atoms with Gasteiger partial charge < -0.3 is 4.74 Å². The number of halogens is 1. The van der Waals surface area contributed by atoms with Crippen LogP contribution in [0.2, 0.25) is 0 Å². The van der Waals surface area contributed by atoms with Crippen LogP contribution in [0.3, 0.4) is 0 Å². The van der Waals surface area contributed by atoms with E-state index in [9.17, 15) is 9.28 Å². The summed E-state index contributed by atoms with van der Waals surface area (Å²) in [5.41, 5.74) is 1.24. The molecule has 1 aromatic heterocycles. The molecule has 0 aliphatic heterocycles. The lowest BCUT2D eigenvalue weighted by Crippen LogP contribution is -2.14. The Balaban J connectivity index is 2.67. The molecule has 5 heteroatoms. The summed E-state index contributed by atoms with van der Waals surface area (Å²) >= 11 is 0. The zero-order valence-corrected chi connectivity index (χ0v) is 8.53. The maximum atomic E-state index is 12.1. The quantitative estimate of drug-likeness (QED) is 0.786. The highest BCUT2D eigenvalue weighted by Gasteiger charge is 2.13. The molecule has 0 unspecified atom stereocenters. The van der Waals surface area contributed by atoms with Crippen molar-refractivity contribution in [2.75, 3.05) is 7.11 Å². The lowest BCUT2D eigenvalue weighted by atomic mass is 10.1. The normalized spacial score (nSPS) is 10.1. The molecule has 16 heavy (non-hydrogen) atoms. The third-order valence-electron chi connectivity index (χ3n) is 2.29. The fourth-order valence-electron chi connectivity index (χ4n) is 1.51. The second-order valence-electron chi connectivity index (χ2n) is 3.20. The third-order valence-corrected chi connectivity index (χ3v) is 2.29. The minimum atomic E-state index is -0.824. The summed E-state index contributed by atoms with van der Waals surface area (Å²) in [5, 5.41) is 1.63. The summed E-state index contributed by atoms with van der Waals surface area (Å²) in [6.07, 6.45) is 3.25. The van der Waals surface area contributed by atoms with Crippen molar-refractivity contribution in [2.24, 2.45) is 0 Å². The van der Waals surface area contributed by atoms with Crippen LogP contribution in [-0.4, -0.2) is 18.0 Å². The van der Waals surface area contributed by atoms with Gasteiger partial charge in [0.2, 0.25) is 0 Å². The third kappa shape index (κ3) is 1.67. The predicted molar refractivity (Wildman–Crippen MR) is 56.9 cm³/mol. The molecule has 1 amide bonds. The Kier molecular flexibility index (Phi) is 2.68. The summed E-state index contributed by atoms with van der Waals surface area (Å²) < 4.78 is 17.1. The molecule has 0 fully saturated rings. The maximum Gasteiger partial charge on any atom is 0.282 e. The van der Waals surface area contributed by atoms with Gasteiger partial charge in [0.1, 0.15) is 5.75 Å². The van der Waals surface area contributed by atoms with Gasteiger partial charge in [-0.05, 0) is 23.6 Å². The van der Waals surface area contributed by atoms with E-state index in [0.29, 0.717) is 5.75 Å². The number of rotatable bonds is 2. The van der Waals surface area contributed by atoms with E-state index in [-0.39, 0.29) is 5.56 Å². The van der Waals surface area contributed by atoms with Crippen LogP contribution < -0.4 is 10.3 Å². The Morgan fingerprint density at radius 1 is 1.44 bits per heavy atom. The molecular formula is C11H9FN2O2. The van der Waals surface area contributed by atoms with Crippen molar-refractivity contribution in [1.82, 2.24) is 10.5 Å². The summed E-state index contributed by atoms with van der Waals surface area (Å²) in [7, 11) is 1.42. The average Bonchev–Trinajstić information content (AvgIpc) is 2.36. The van der Waals surface area contributed by atoms with Crippen LogP contribution in [0.5, 0.6) is 5.75 Å². The van der Waals surface area contributed by atoms with Crippen LogP contribution in [0, 0.1) is 0 Å². The molecule has 0 atom stereocenters. The zero-order valence-electron chi connectivity index (χ0n) is 8.53. The van der Waals surface area contributed by atoms with Gasteiger partial charge in [0.25, 0.3) is 5.91 Å². The van der Waals surface area contributed by atoms with Gasteiger partial charge in [0, 0.05) is 17.8 Å². The number of ether oxygens (including phenoxy) is 1. The van der Waals surface area contributed by atoms with Gasteiger partial charge in [-0.2, -0.15) is 5.54 Å². The van der Waals surface area contributed by atoms with E-state index in [1.54, 1.807) is 30.6 Å². The fraction of sp³-hybridized carbons (Fsp3) is 0.0909. The lowest BCUT2D eigenvalue weighted by Gasteiger charge is -2.07. The SMILES string of the molecule is COc1cc2cnccc2cc1C(=O)NF. The number of carbonyl (C=O) groups is 1. The Morgan fingerprint density at radius 3 is 2.94 bits per heavy atom. The van der Waals surface area contributed by atoms with Gasteiger partial charge in [0.15, 0.2) is 0 Å². The van der Waals surface area contributed by atoms with E-state index >= 15 is 0 Å². The largest absolute Gasteiger partial charge is 0.496 e. The Hall–Kier alpha value is -2.17. The molecule has 0 saturated carbocycles. The van der Waals surface area contributed by atoms with E-state index in [1.807, 2.05) is 0 Å². The van der Waals surface area contributed by atoms with Crippen LogP contribution in [0.4, 0.5) is 4.48 Å². The Labute approximate surface area is 91.0 Å². The number of nitrogens with one attached hydrogen (secondary N) is 1. The number of methoxy groups -OCH3 is 1. The first-order chi connectivity index (χ1) is 7.76. The minimum absolute atomic E-state index is 0.156. The van der Waals surface area contributed by atoms with Crippen molar-refractivity contribution < 1.29 is 14.0 Å². The molecule has 1 N–H and O–H groups in total. The number of aromatic nitrogens is 1. The van der Waals surface area contributed by atoms with Crippen LogP contribution in [0.25, 0.3) is 10.8 Å². The lowest BCUT2D eigenvalue weighted by molar-refractivity contribution is 0.0856. The number of hydrogen-bond donors (Lipinski definition) is 1. The van der Waals surface area contributed by atoms with Gasteiger partial charge >= 0.3 is 0 Å². The molecule has 82 valence electrons. The van der Waals surface area contributed by atoms with E-state index in [0.717, 1.165) is 16.3 Å². The topological polar surface area (TPSA) is 51.2 Å².